The summed E-state index contributed by atoms with van der Waals surface area (Å²) in [6, 6.07) is 18.5. The number of thiophene rings is 1. The Hall–Kier alpha value is -5.26. The van der Waals surface area contributed by atoms with Gasteiger partial charge in [0.2, 0.25) is 5.88 Å². The first-order valence-corrected chi connectivity index (χ1v) is 18.4. The van der Waals surface area contributed by atoms with Crippen LogP contribution in [-0.4, -0.2) is 72.6 Å². The van der Waals surface area contributed by atoms with Gasteiger partial charge in [0.15, 0.2) is 10.8 Å². The zero-order chi connectivity index (χ0) is 36.5. The molecule has 12 nitrogen and oxygen atoms in total. The standard InChI is InChI=1S/C35H32F3N5O7S2/c1-41-29-19-27(50-31-9-5-25(20-39-31)40-52(45,46)34-28(10-17-51-34)33-47-15-16-48-33)8-4-24(29)18-30(41)32(44)43-13-11-42(12-14-43)21-23-2-6-26(7-3-23)49-22-35(36,37)38/h2-10,15-20,33,40H,11-14,21-22H2,1H3. The molecule has 17 heteroatoms. The quantitative estimate of drug-likeness (QED) is 0.158. The third-order valence-corrected chi connectivity index (χ3v) is 11.4. The number of aromatic nitrogens is 2. The average molecular weight is 756 g/mol. The topological polar surface area (TPSA) is 124 Å². The molecule has 0 aliphatic carbocycles. The highest BCUT2D eigenvalue weighted by molar-refractivity contribution is 7.94. The summed E-state index contributed by atoms with van der Waals surface area (Å²) in [5.74, 6) is 0.789. The molecule has 5 heterocycles. The number of nitrogens with zero attached hydrogens (tertiary/aromatic N) is 4. The van der Waals surface area contributed by atoms with Gasteiger partial charge in [-0.1, -0.05) is 12.1 Å². The number of pyridine rings is 1. The number of anilines is 1. The van der Waals surface area contributed by atoms with Crippen molar-refractivity contribution in [1.29, 1.82) is 0 Å². The molecule has 1 amide bonds. The fourth-order valence-corrected chi connectivity index (χ4v) is 8.31. The number of hydrogen-bond donors (Lipinski definition) is 1. The van der Waals surface area contributed by atoms with Crippen molar-refractivity contribution in [1.82, 2.24) is 19.4 Å². The number of ether oxygens (including phenoxy) is 4. The molecule has 272 valence electrons. The van der Waals surface area contributed by atoms with Gasteiger partial charge in [-0.25, -0.2) is 13.4 Å². The van der Waals surface area contributed by atoms with Crippen molar-refractivity contribution in [2.24, 2.45) is 7.05 Å². The lowest BCUT2D eigenvalue weighted by molar-refractivity contribution is -0.153. The van der Waals surface area contributed by atoms with Crippen LogP contribution in [0.2, 0.25) is 0 Å². The first-order chi connectivity index (χ1) is 24.9. The van der Waals surface area contributed by atoms with E-state index in [4.69, 9.17) is 18.9 Å². The van der Waals surface area contributed by atoms with Crippen molar-refractivity contribution in [2.45, 2.75) is 23.2 Å². The van der Waals surface area contributed by atoms with E-state index < -0.39 is 29.1 Å². The number of fused-ring (bicyclic) bond motifs is 1. The second-order valence-corrected chi connectivity index (χ2v) is 14.9. The van der Waals surface area contributed by atoms with Gasteiger partial charge in [0.1, 0.15) is 29.7 Å². The number of nitrogens with one attached hydrogen (secondary N) is 1. The van der Waals surface area contributed by atoms with Gasteiger partial charge in [-0.15, -0.1) is 11.3 Å². The van der Waals surface area contributed by atoms with Gasteiger partial charge in [-0.3, -0.25) is 14.4 Å². The van der Waals surface area contributed by atoms with Crippen molar-refractivity contribution in [2.75, 3.05) is 37.5 Å². The van der Waals surface area contributed by atoms with Crippen LogP contribution in [0.1, 0.15) is 27.9 Å². The number of piperazine rings is 1. The summed E-state index contributed by atoms with van der Waals surface area (Å²) >= 11 is 1.05. The molecule has 0 bridgehead atoms. The summed E-state index contributed by atoms with van der Waals surface area (Å²) in [6.07, 6.45) is -1.15. The maximum Gasteiger partial charge on any atom is 0.422 e. The van der Waals surface area contributed by atoms with Crippen LogP contribution in [0.15, 0.2) is 95.0 Å². The Morgan fingerprint density at radius 3 is 2.40 bits per heavy atom. The van der Waals surface area contributed by atoms with Crippen LogP contribution in [0.25, 0.3) is 10.9 Å². The van der Waals surface area contributed by atoms with Crippen LogP contribution in [0.4, 0.5) is 18.9 Å². The largest absolute Gasteiger partial charge is 0.484 e. The third kappa shape index (κ3) is 7.95. The van der Waals surface area contributed by atoms with E-state index in [2.05, 4.69) is 14.6 Å². The molecule has 0 unspecified atom stereocenters. The highest BCUT2D eigenvalue weighted by Crippen LogP contribution is 2.35. The maximum atomic E-state index is 13.6. The fourth-order valence-electron chi connectivity index (χ4n) is 5.87. The Kier molecular flexibility index (Phi) is 9.73. The number of sulfonamides is 1. The summed E-state index contributed by atoms with van der Waals surface area (Å²) < 4.78 is 89.2. The summed E-state index contributed by atoms with van der Waals surface area (Å²) in [5, 5.41) is 2.50. The minimum atomic E-state index is -4.39. The lowest BCUT2D eigenvalue weighted by Gasteiger charge is -2.34. The first kappa shape index (κ1) is 35.2. The molecule has 0 atom stereocenters. The summed E-state index contributed by atoms with van der Waals surface area (Å²) in [7, 11) is -2.12. The number of carbonyl (C=O) groups is 1. The van der Waals surface area contributed by atoms with Gasteiger partial charge in [-0.2, -0.15) is 13.2 Å². The van der Waals surface area contributed by atoms with Crippen LogP contribution in [0, 0.1) is 0 Å². The molecule has 1 N–H and O–H groups in total. The van der Waals surface area contributed by atoms with Gasteiger partial charge in [-0.05, 0) is 53.4 Å². The minimum absolute atomic E-state index is 0.0700. The van der Waals surface area contributed by atoms with Crippen LogP contribution >= 0.6 is 11.3 Å². The molecule has 7 rings (SSSR count). The van der Waals surface area contributed by atoms with Crippen LogP contribution < -0.4 is 14.2 Å². The molecule has 1 fully saturated rings. The van der Waals surface area contributed by atoms with Gasteiger partial charge in [0.25, 0.3) is 22.2 Å². The second kappa shape index (κ2) is 14.4. The Labute approximate surface area is 300 Å². The number of amides is 1. The average Bonchev–Trinajstić information content (AvgIpc) is 3.90. The second-order valence-electron chi connectivity index (χ2n) is 12.1. The molecular formula is C35H32F3N5O7S2. The van der Waals surface area contributed by atoms with Gasteiger partial charge >= 0.3 is 6.18 Å². The van der Waals surface area contributed by atoms with Crippen LogP contribution in [0.3, 0.4) is 0 Å². The number of halogens is 3. The first-order valence-electron chi connectivity index (χ1n) is 16.0. The molecule has 3 aromatic heterocycles. The number of alkyl halides is 3. The number of benzene rings is 2. The normalized spacial score (nSPS) is 15.4. The minimum Gasteiger partial charge on any atom is -0.484 e. The van der Waals surface area contributed by atoms with E-state index in [-0.39, 0.29) is 27.4 Å². The van der Waals surface area contributed by atoms with Crippen molar-refractivity contribution < 1.29 is 45.3 Å². The molecular weight excluding hydrogens is 724 g/mol. The van der Waals surface area contributed by atoms with Crippen molar-refractivity contribution in [3.05, 3.63) is 108 Å². The molecule has 2 aromatic carbocycles. The van der Waals surface area contributed by atoms with Crippen molar-refractivity contribution >= 4 is 43.9 Å². The van der Waals surface area contributed by atoms with Crippen LogP contribution in [0.5, 0.6) is 17.4 Å². The van der Waals surface area contributed by atoms with Crippen molar-refractivity contribution in [3.8, 4) is 17.4 Å². The SMILES string of the molecule is Cn1c(C(=O)N2CCN(Cc3ccc(OCC(F)(F)F)cc3)CC2)cc2ccc(Oc3ccc(NS(=O)(=O)c4sccc4C4OC=CO4)cn3)cc21. The number of rotatable bonds is 11. The van der Waals surface area contributed by atoms with E-state index in [1.807, 2.05) is 34.7 Å². The summed E-state index contributed by atoms with van der Waals surface area (Å²) in [5.41, 5.74) is 2.88. The lowest BCUT2D eigenvalue weighted by Crippen LogP contribution is -2.48. The fraction of sp³-hybridized carbons (Fsp3) is 0.257. The van der Waals surface area contributed by atoms with Gasteiger partial charge < -0.3 is 28.4 Å². The number of aryl methyl sites for hydroxylation is 1. The molecule has 0 saturated carbocycles. The Morgan fingerprint density at radius 1 is 0.981 bits per heavy atom. The zero-order valence-corrected chi connectivity index (χ0v) is 29.2. The van der Waals surface area contributed by atoms with E-state index in [1.54, 1.807) is 41.8 Å². The molecule has 2 aliphatic rings. The van der Waals surface area contributed by atoms with E-state index in [9.17, 15) is 26.4 Å². The molecule has 5 aromatic rings. The molecule has 1 saturated heterocycles. The Morgan fingerprint density at radius 2 is 1.71 bits per heavy atom. The van der Waals surface area contributed by atoms with Crippen LogP contribution in [-0.2, 0) is 33.1 Å². The van der Waals surface area contributed by atoms with Gasteiger partial charge in [0, 0.05) is 57.3 Å². The zero-order valence-electron chi connectivity index (χ0n) is 27.6. The number of carbonyl (C=O) groups excluding carboxylic acids is 1. The predicted octanol–water partition coefficient (Wildman–Crippen LogP) is 6.64. The lowest BCUT2D eigenvalue weighted by atomic mass is 10.2. The number of hydrogen-bond acceptors (Lipinski definition) is 10. The molecule has 0 radical (unpaired) electrons. The highest BCUT2D eigenvalue weighted by atomic mass is 32.2. The smallest absolute Gasteiger partial charge is 0.422 e. The van der Waals surface area contributed by atoms with E-state index >= 15 is 0 Å². The summed E-state index contributed by atoms with van der Waals surface area (Å²) in [6.45, 7) is 1.60. The molecule has 2 aliphatic heterocycles. The van der Waals surface area contributed by atoms with E-state index in [1.165, 1.54) is 30.9 Å². The predicted molar refractivity (Wildman–Crippen MR) is 186 cm³/mol. The maximum absolute atomic E-state index is 13.6. The highest BCUT2D eigenvalue weighted by Gasteiger charge is 2.30. The van der Waals surface area contributed by atoms with E-state index in [0.29, 0.717) is 49.7 Å². The van der Waals surface area contributed by atoms with E-state index in [0.717, 1.165) is 27.8 Å². The monoisotopic (exact) mass is 755 g/mol. The van der Waals surface area contributed by atoms with Crippen molar-refractivity contribution in [3.63, 3.8) is 0 Å². The molecule has 52 heavy (non-hydrogen) atoms. The molecule has 0 spiro atoms. The van der Waals surface area contributed by atoms with Gasteiger partial charge in [0.05, 0.1) is 23.0 Å². The summed E-state index contributed by atoms with van der Waals surface area (Å²) in [4.78, 5) is 21.8. The Bertz CT molecular complexity index is 2190. The third-order valence-electron chi connectivity index (χ3n) is 8.45. The Balaban J connectivity index is 0.941.